The predicted octanol–water partition coefficient (Wildman–Crippen LogP) is 2.85. The largest absolute Gasteiger partial charge is 0.477 e. The van der Waals surface area contributed by atoms with E-state index in [0.29, 0.717) is 18.7 Å². The van der Waals surface area contributed by atoms with Crippen LogP contribution >= 0.6 is 11.3 Å². The summed E-state index contributed by atoms with van der Waals surface area (Å²) in [5, 5.41) is 6.72. The molecule has 2 saturated carbocycles. The third-order valence-corrected chi connectivity index (χ3v) is 11.5. The van der Waals surface area contributed by atoms with Crippen LogP contribution in [0.5, 0.6) is 5.88 Å². The van der Waals surface area contributed by atoms with E-state index in [1.54, 1.807) is 38.2 Å². The Balaban J connectivity index is 1.36. The molecule has 5 atom stereocenters. The first-order chi connectivity index (χ1) is 22.2. The van der Waals surface area contributed by atoms with Crippen LogP contribution in [0.1, 0.15) is 46.5 Å². The van der Waals surface area contributed by atoms with Crippen molar-refractivity contribution in [2.75, 3.05) is 20.3 Å². The Hall–Kier alpha value is -3.98. The molecule has 0 spiro atoms. The summed E-state index contributed by atoms with van der Waals surface area (Å²) in [7, 11) is -2.67. The van der Waals surface area contributed by atoms with Crippen molar-refractivity contribution in [1.29, 1.82) is 0 Å². The summed E-state index contributed by atoms with van der Waals surface area (Å²) in [4.78, 5) is 60.6. The van der Waals surface area contributed by atoms with Gasteiger partial charge in [-0.25, -0.2) is 18.2 Å². The molecule has 0 bridgehead atoms. The van der Waals surface area contributed by atoms with E-state index in [-0.39, 0.29) is 31.9 Å². The summed E-state index contributed by atoms with van der Waals surface area (Å²) in [5.74, 6) is -2.36. The number of nitrogens with one attached hydrogen (secondary N) is 3. The van der Waals surface area contributed by atoms with Crippen molar-refractivity contribution < 1.29 is 37.1 Å². The number of alkyl carbamates (subject to hydrolysis) is 1. The topological polar surface area (TPSA) is 173 Å². The first-order valence-corrected chi connectivity index (χ1v) is 17.9. The molecule has 0 aromatic carbocycles. The van der Waals surface area contributed by atoms with Crippen molar-refractivity contribution in [1.82, 2.24) is 25.2 Å². The van der Waals surface area contributed by atoms with Gasteiger partial charge in [-0.15, -0.1) is 17.9 Å². The molecule has 1 saturated heterocycles. The second-order valence-electron chi connectivity index (χ2n) is 13.4. The summed E-state index contributed by atoms with van der Waals surface area (Å²) < 4.78 is 38.1. The van der Waals surface area contributed by atoms with Crippen molar-refractivity contribution in [2.24, 2.45) is 17.3 Å². The van der Waals surface area contributed by atoms with Gasteiger partial charge >= 0.3 is 6.09 Å². The minimum Gasteiger partial charge on any atom is -0.477 e. The molecule has 5 rings (SSSR count). The summed E-state index contributed by atoms with van der Waals surface area (Å²) in [6, 6.07) is 7.26. The lowest BCUT2D eigenvalue weighted by atomic mass is 9.85. The normalized spacial score (nSPS) is 24.5. The van der Waals surface area contributed by atoms with Gasteiger partial charge in [0.2, 0.25) is 27.7 Å². The first-order valence-electron chi connectivity index (χ1n) is 15.5. The number of likely N-dealkylation sites (tertiary alicyclic amines) is 1. The van der Waals surface area contributed by atoms with Gasteiger partial charge in [0.15, 0.2) is 0 Å². The minimum atomic E-state index is -3.87. The van der Waals surface area contributed by atoms with E-state index in [2.05, 4.69) is 26.9 Å². The summed E-state index contributed by atoms with van der Waals surface area (Å²) in [5.41, 5.74) is -1.51. The fourth-order valence-corrected chi connectivity index (χ4v) is 7.87. The third kappa shape index (κ3) is 7.61. The number of aromatic nitrogens is 1. The second kappa shape index (κ2) is 13.3. The van der Waals surface area contributed by atoms with E-state index in [4.69, 9.17) is 9.47 Å². The second-order valence-corrected chi connectivity index (χ2v) is 16.3. The van der Waals surface area contributed by atoms with E-state index < -0.39 is 68.0 Å². The highest BCUT2D eigenvalue weighted by molar-refractivity contribution is 7.91. The monoisotopic (exact) mass is 687 g/mol. The van der Waals surface area contributed by atoms with Crippen molar-refractivity contribution in [2.45, 2.75) is 69.3 Å². The smallest absolute Gasteiger partial charge is 0.407 e. The standard InChI is InChI=1S/C32H41N5O8S2/c1-6-20-16-32(20,29(40)36-47(42,43)21-12-13-21)35-27(38)23-15-19(17-37(23)28(39)26(31(2,3)4)34-30(41)44-5)18-45-25-11-7-9-22(33-25)24-10-8-14-46-24/h6-11,14,19-21,23,26H,1,12-13,15-18H2,2-5H3,(H,34,41)(H,35,38)(H,36,40)/t19-,20?,23+,26-,32-/m1/s1. The van der Waals surface area contributed by atoms with Crippen LogP contribution in [0.2, 0.25) is 0 Å². The summed E-state index contributed by atoms with van der Waals surface area (Å²) in [6.45, 7) is 9.35. The van der Waals surface area contributed by atoms with Crippen LogP contribution in [0.3, 0.4) is 0 Å². The van der Waals surface area contributed by atoms with Gasteiger partial charge in [0, 0.05) is 24.4 Å². The molecule has 254 valence electrons. The Bertz CT molecular complexity index is 1640. The lowest BCUT2D eigenvalue weighted by Gasteiger charge is -2.35. The quantitative estimate of drug-likeness (QED) is 0.284. The van der Waals surface area contributed by atoms with Gasteiger partial charge in [0.25, 0.3) is 5.91 Å². The molecule has 1 aliphatic heterocycles. The molecule has 3 fully saturated rings. The molecule has 3 N–H and O–H groups in total. The van der Waals surface area contributed by atoms with Gasteiger partial charge in [0.1, 0.15) is 17.6 Å². The van der Waals surface area contributed by atoms with Gasteiger partial charge in [-0.2, -0.15) is 0 Å². The van der Waals surface area contributed by atoms with Crippen LogP contribution in [0.25, 0.3) is 10.6 Å². The van der Waals surface area contributed by atoms with E-state index in [1.165, 1.54) is 18.1 Å². The Labute approximate surface area is 278 Å². The van der Waals surface area contributed by atoms with Crippen molar-refractivity contribution in [3.8, 4) is 16.5 Å². The molecule has 2 aromatic heterocycles. The van der Waals surface area contributed by atoms with Crippen LogP contribution in [0.15, 0.2) is 48.4 Å². The Morgan fingerprint density at radius 2 is 1.94 bits per heavy atom. The summed E-state index contributed by atoms with van der Waals surface area (Å²) >= 11 is 1.55. The number of ether oxygens (including phenoxy) is 2. The Morgan fingerprint density at radius 3 is 2.53 bits per heavy atom. The SMILES string of the molecule is C=CC1C[C@]1(NC(=O)[C@@H]1C[C@@H](COc2cccc(-c3cccs3)n2)CN1C(=O)[C@@H](NC(=O)OC)C(C)(C)C)C(=O)NS(=O)(=O)C1CC1. The molecule has 4 amide bonds. The lowest BCUT2D eigenvalue weighted by molar-refractivity contribution is -0.142. The number of hydrogen-bond donors (Lipinski definition) is 3. The predicted molar refractivity (Wildman–Crippen MR) is 175 cm³/mol. The molecular weight excluding hydrogens is 647 g/mol. The minimum absolute atomic E-state index is 0.122. The van der Waals surface area contributed by atoms with Gasteiger partial charge < -0.3 is 25.0 Å². The highest BCUT2D eigenvalue weighted by Crippen LogP contribution is 2.45. The van der Waals surface area contributed by atoms with Crippen LogP contribution in [-0.4, -0.2) is 85.3 Å². The maximum atomic E-state index is 14.1. The number of rotatable bonds is 12. The van der Waals surface area contributed by atoms with E-state index in [0.717, 1.165) is 10.6 Å². The molecular formula is C32H41N5O8S2. The number of pyridine rings is 1. The summed E-state index contributed by atoms with van der Waals surface area (Å²) in [6.07, 6.45) is 2.01. The van der Waals surface area contributed by atoms with Crippen molar-refractivity contribution >= 4 is 45.2 Å². The van der Waals surface area contributed by atoms with Crippen LogP contribution in [0.4, 0.5) is 4.79 Å². The Kier molecular flexibility index (Phi) is 9.69. The number of sulfonamides is 1. The van der Waals surface area contributed by atoms with Crippen molar-refractivity contribution in [3.63, 3.8) is 0 Å². The van der Waals surface area contributed by atoms with Crippen LogP contribution in [-0.2, 0) is 29.1 Å². The highest BCUT2D eigenvalue weighted by atomic mass is 32.2. The zero-order valence-electron chi connectivity index (χ0n) is 26.9. The highest BCUT2D eigenvalue weighted by Gasteiger charge is 2.62. The fraction of sp³-hybridized carbons (Fsp3) is 0.531. The van der Waals surface area contributed by atoms with Crippen LogP contribution in [0, 0.1) is 17.3 Å². The zero-order chi connectivity index (χ0) is 34.1. The number of carbonyl (C=O) groups excluding carboxylic acids is 4. The van der Waals surface area contributed by atoms with Gasteiger partial charge in [0.05, 0.1) is 29.5 Å². The van der Waals surface area contributed by atoms with Gasteiger partial charge in [-0.05, 0) is 48.6 Å². The van der Waals surface area contributed by atoms with Gasteiger partial charge in [-0.1, -0.05) is 39.0 Å². The molecule has 2 aromatic rings. The fourth-order valence-electron chi connectivity index (χ4n) is 5.81. The number of methoxy groups -OCH3 is 1. The maximum absolute atomic E-state index is 14.1. The lowest BCUT2D eigenvalue weighted by Crippen LogP contribution is -2.60. The molecule has 1 unspecified atom stereocenters. The number of nitrogens with zero attached hydrogens (tertiary/aromatic N) is 2. The number of carbonyl (C=O) groups is 4. The molecule has 15 heteroatoms. The average Bonchev–Trinajstić information content (AvgIpc) is 3.89. The zero-order valence-corrected chi connectivity index (χ0v) is 28.5. The Morgan fingerprint density at radius 1 is 1.19 bits per heavy atom. The van der Waals surface area contributed by atoms with E-state index in [9.17, 15) is 27.6 Å². The number of thiophene rings is 1. The average molecular weight is 688 g/mol. The number of hydrogen-bond acceptors (Lipinski definition) is 10. The maximum Gasteiger partial charge on any atom is 0.407 e. The van der Waals surface area contributed by atoms with E-state index in [1.807, 2.05) is 29.6 Å². The molecule has 2 aliphatic carbocycles. The number of amides is 4. The molecule has 3 heterocycles. The molecule has 13 nitrogen and oxygen atoms in total. The molecule has 3 aliphatic rings. The van der Waals surface area contributed by atoms with E-state index >= 15 is 0 Å². The molecule has 47 heavy (non-hydrogen) atoms. The molecule has 0 radical (unpaired) electrons. The first kappa shape index (κ1) is 34.4. The van der Waals surface area contributed by atoms with Gasteiger partial charge in [-0.3, -0.25) is 19.1 Å². The van der Waals surface area contributed by atoms with Crippen molar-refractivity contribution in [3.05, 3.63) is 48.4 Å². The third-order valence-electron chi connectivity index (χ3n) is 8.75. The van der Waals surface area contributed by atoms with Crippen LogP contribution < -0.4 is 20.1 Å².